The minimum Gasteiger partial charge on any atom is -0.453 e. The summed E-state index contributed by atoms with van der Waals surface area (Å²) in [6.45, 7) is 2.25. The van der Waals surface area contributed by atoms with Crippen LogP contribution in [0.1, 0.15) is 76.3 Å². The van der Waals surface area contributed by atoms with Crippen LogP contribution in [0.15, 0.2) is 16.7 Å². The highest BCUT2D eigenvalue weighted by Gasteiger charge is 2.11. The SMILES string of the molecule is CCCCCCCCCCC(N)c1ccoc1Cl. The molecule has 1 unspecified atom stereocenters. The number of nitrogens with two attached hydrogens (primary N) is 1. The van der Waals surface area contributed by atoms with E-state index in [0.29, 0.717) is 5.22 Å². The molecule has 1 aromatic rings. The molecule has 0 bridgehead atoms. The first-order valence-corrected chi connectivity index (χ1v) is 7.62. The van der Waals surface area contributed by atoms with Gasteiger partial charge in [0.2, 0.25) is 0 Å². The summed E-state index contributed by atoms with van der Waals surface area (Å²) in [6, 6.07) is 1.90. The van der Waals surface area contributed by atoms with Crippen LogP contribution in [0.3, 0.4) is 0 Å². The number of hydrogen-bond donors (Lipinski definition) is 1. The fourth-order valence-electron chi connectivity index (χ4n) is 2.22. The van der Waals surface area contributed by atoms with Gasteiger partial charge in [-0.25, -0.2) is 0 Å². The average Bonchev–Trinajstić information content (AvgIpc) is 2.79. The summed E-state index contributed by atoms with van der Waals surface area (Å²) in [5.41, 5.74) is 7.02. The maximum absolute atomic E-state index is 6.08. The van der Waals surface area contributed by atoms with Gasteiger partial charge >= 0.3 is 0 Å². The molecule has 1 rings (SSSR count). The van der Waals surface area contributed by atoms with Crippen molar-refractivity contribution in [2.45, 2.75) is 70.8 Å². The Morgan fingerprint density at radius 1 is 1.11 bits per heavy atom. The minimum absolute atomic E-state index is 0.0244. The summed E-state index contributed by atoms with van der Waals surface area (Å²) in [6.07, 6.45) is 13.2. The van der Waals surface area contributed by atoms with Crippen molar-refractivity contribution in [1.29, 1.82) is 0 Å². The van der Waals surface area contributed by atoms with E-state index in [4.69, 9.17) is 21.8 Å². The summed E-state index contributed by atoms with van der Waals surface area (Å²) in [5.74, 6) is 0. The Balaban J connectivity index is 1.99. The topological polar surface area (TPSA) is 39.2 Å². The van der Waals surface area contributed by atoms with Crippen molar-refractivity contribution in [3.63, 3.8) is 0 Å². The van der Waals surface area contributed by atoms with Crippen molar-refractivity contribution in [3.8, 4) is 0 Å². The van der Waals surface area contributed by atoms with Crippen molar-refractivity contribution >= 4 is 11.6 Å². The van der Waals surface area contributed by atoms with Crippen LogP contribution >= 0.6 is 11.6 Å². The molecule has 0 aliphatic carbocycles. The van der Waals surface area contributed by atoms with Crippen LogP contribution in [-0.2, 0) is 0 Å². The molecule has 0 amide bonds. The maximum atomic E-state index is 6.08. The van der Waals surface area contributed by atoms with Gasteiger partial charge in [-0.1, -0.05) is 58.3 Å². The van der Waals surface area contributed by atoms with Crippen molar-refractivity contribution in [3.05, 3.63) is 23.1 Å². The number of furan rings is 1. The monoisotopic (exact) mass is 271 g/mol. The van der Waals surface area contributed by atoms with E-state index in [0.717, 1.165) is 12.0 Å². The predicted octanol–water partition coefficient (Wildman–Crippen LogP) is 5.46. The van der Waals surface area contributed by atoms with Crippen molar-refractivity contribution in [2.24, 2.45) is 5.73 Å². The Kier molecular flexibility index (Phi) is 8.19. The number of unbranched alkanes of at least 4 members (excludes halogenated alkanes) is 7. The van der Waals surface area contributed by atoms with Gasteiger partial charge in [0.25, 0.3) is 0 Å². The van der Waals surface area contributed by atoms with Crippen molar-refractivity contribution in [1.82, 2.24) is 0 Å². The zero-order chi connectivity index (χ0) is 13.2. The van der Waals surface area contributed by atoms with Gasteiger partial charge in [-0.15, -0.1) is 0 Å². The first-order chi connectivity index (χ1) is 8.75. The summed E-state index contributed by atoms with van der Waals surface area (Å²) in [7, 11) is 0. The minimum atomic E-state index is 0.0244. The van der Waals surface area contributed by atoms with Crippen LogP contribution in [-0.4, -0.2) is 0 Å². The van der Waals surface area contributed by atoms with E-state index in [1.807, 2.05) is 6.07 Å². The normalized spacial score (nSPS) is 12.8. The lowest BCUT2D eigenvalue weighted by Gasteiger charge is -2.09. The van der Waals surface area contributed by atoms with Gasteiger partial charge in [0.1, 0.15) is 0 Å². The molecule has 2 N–H and O–H groups in total. The highest BCUT2D eigenvalue weighted by Crippen LogP contribution is 2.26. The molecule has 0 saturated heterocycles. The van der Waals surface area contributed by atoms with Gasteiger partial charge in [-0.3, -0.25) is 0 Å². The first kappa shape index (κ1) is 15.6. The molecule has 1 atom stereocenters. The van der Waals surface area contributed by atoms with Crippen LogP contribution in [0.25, 0.3) is 0 Å². The second-order valence-electron chi connectivity index (χ2n) is 5.02. The maximum Gasteiger partial charge on any atom is 0.197 e. The third kappa shape index (κ3) is 5.92. The van der Waals surface area contributed by atoms with Crippen LogP contribution in [0, 0.1) is 0 Å². The van der Waals surface area contributed by atoms with Gasteiger partial charge in [-0.2, -0.15) is 0 Å². The van der Waals surface area contributed by atoms with Gasteiger partial charge < -0.3 is 10.2 Å². The van der Waals surface area contributed by atoms with E-state index < -0.39 is 0 Å². The molecule has 0 aromatic carbocycles. The molecular formula is C15H26ClNO. The van der Waals surface area contributed by atoms with E-state index >= 15 is 0 Å². The third-order valence-corrected chi connectivity index (χ3v) is 3.72. The molecule has 3 heteroatoms. The van der Waals surface area contributed by atoms with Crippen molar-refractivity contribution < 1.29 is 4.42 Å². The fourth-order valence-corrected chi connectivity index (χ4v) is 2.48. The quantitative estimate of drug-likeness (QED) is 0.574. The van der Waals surface area contributed by atoms with Gasteiger partial charge in [0, 0.05) is 11.6 Å². The summed E-state index contributed by atoms with van der Waals surface area (Å²) >= 11 is 5.90. The predicted molar refractivity (Wildman–Crippen MR) is 77.9 cm³/mol. The third-order valence-electron chi connectivity index (χ3n) is 3.41. The molecule has 0 fully saturated rings. The lowest BCUT2D eigenvalue weighted by atomic mass is 10.0. The highest BCUT2D eigenvalue weighted by molar-refractivity contribution is 6.29. The molecule has 0 aliphatic rings. The van der Waals surface area contributed by atoms with Gasteiger partial charge in [-0.05, 0) is 24.1 Å². The van der Waals surface area contributed by atoms with Crippen LogP contribution < -0.4 is 5.73 Å². The zero-order valence-corrected chi connectivity index (χ0v) is 12.2. The molecule has 1 aromatic heterocycles. The van der Waals surface area contributed by atoms with E-state index in [-0.39, 0.29) is 6.04 Å². The smallest absolute Gasteiger partial charge is 0.197 e. The Morgan fingerprint density at radius 3 is 2.28 bits per heavy atom. The Labute approximate surface area is 116 Å². The number of hydrogen-bond acceptors (Lipinski definition) is 2. The van der Waals surface area contributed by atoms with E-state index in [1.54, 1.807) is 6.26 Å². The molecule has 0 aliphatic heterocycles. The second kappa shape index (κ2) is 9.46. The molecule has 18 heavy (non-hydrogen) atoms. The zero-order valence-electron chi connectivity index (χ0n) is 11.5. The second-order valence-corrected chi connectivity index (χ2v) is 5.36. The van der Waals surface area contributed by atoms with Crippen molar-refractivity contribution in [2.75, 3.05) is 0 Å². The average molecular weight is 272 g/mol. The molecule has 0 saturated carbocycles. The molecular weight excluding hydrogens is 246 g/mol. The van der Waals surface area contributed by atoms with Gasteiger partial charge in [0.05, 0.1) is 6.26 Å². The fraction of sp³-hybridized carbons (Fsp3) is 0.733. The highest BCUT2D eigenvalue weighted by atomic mass is 35.5. The van der Waals surface area contributed by atoms with Crippen LogP contribution in [0.2, 0.25) is 5.22 Å². The van der Waals surface area contributed by atoms with E-state index in [2.05, 4.69) is 6.92 Å². The molecule has 0 spiro atoms. The molecule has 104 valence electrons. The molecule has 2 nitrogen and oxygen atoms in total. The summed E-state index contributed by atoms with van der Waals surface area (Å²) in [4.78, 5) is 0. The number of halogens is 1. The largest absolute Gasteiger partial charge is 0.453 e. The Hall–Kier alpha value is -0.470. The summed E-state index contributed by atoms with van der Waals surface area (Å²) < 4.78 is 5.05. The standard InChI is InChI=1S/C15H26ClNO/c1-2-3-4-5-6-7-8-9-10-14(17)13-11-12-18-15(13)16/h11-12,14H,2-10,17H2,1H3. The number of rotatable bonds is 10. The lowest BCUT2D eigenvalue weighted by Crippen LogP contribution is -2.09. The van der Waals surface area contributed by atoms with Crippen LogP contribution in [0.5, 0.6) is 0 Å². The lowest BCUT2D eigenvalue weighted by molar-refractivity contribution is 0.527. The van der Waals surface area contributed by atoms with Gasteiger partial charge in [0.15, 0.2) is 5.22 Å². The molecule has 0 radical (unpaired) electrons. The van der Waals surface area contributed by atoms with E-state index in [9.17, 15) is 0 Å². The van der Waals surface area contributed by atoms with Crippen LogP contribution in [0.4, 0.5) is 0 Å². The Bertz CT molecular complexity index is 311. The first-order valence-electron chi connectivity index (χ1n) is 7.24. The summed E-state index contributed by atoms with van der Waals surface area (Å²) in [5, 5.41) is 0.446. The molecule has 1 heterocycles. The van der Waals surface area contributed by atoms with E-state index in [1.165, 1.54) is 51.4 Å². The Morgan fingerprint density at radius 2 is 1.72 bits per heavy atom.